The highest BCUT2D eigenvalue weighted by atomic mass is 14.5. The number of aryl methyl sites for hydroxylation is 1. The van der Waals surface area contributed by atoms with Crippen molar-refractivity contribution in [3.05, 3.63) is 34.9 Å². The van der Waals surface area contributed by atoms with Gasteiger partial charge >= 0.3 is 0 Å². The van der Waals surface area contributed by atoms with Gasteiger partial charge in [-0.15, -0.1) is 0 Å². The van der Waals surface area contributed by atoms with Crippen LogP contribution < -0.4 is 5.73 Å². The molecule has 0 radical (unpaired) electrons. The minimum Gasteiger partial charge on any atom is -0.330 e. The lowest BCUT2D eigenvalue weighted by Crippen LogP contribution is -2.14. The van der Waals surface area contributed by atoms with E-state index in [4.69, 9.17) is 5.73 Å². The topological polar surface area (TPSA) is 26.0 Å². The molecule has 1 heteroatoms. The van der Waals surface area contributed by atoms with Crippen molar-refractivity contribution in [3.8, 4) is 0 Å². The van der Waals surface area contributed by atoms with Gasteiger partial charge in [0.05, 0.1) is 0 Å². The van der Waals surface area contributed by atoms with Gasteiger partial charge in [-0.25, -0.2) is 0 Å². The van der Waals surface area contributed by atoms with Crippen molar-refractivity contribution >= 4 is 0 Å². The second-order valence-corrected chi connectivity index (χ2v) is 5.28. The van der Waals surface area contributed by atoms with E-state index in [2.05, 4.69) is 32.0 Å². The zero-order valence-electron chi connectivity index (χ0n) is 10.5. The Morgan fingerprint density at radius 1 is 1.38 bits per heavy atom. The zero-order chi connectivity index (χ0) is 11.5. The van der Waals surface area contributed by atoms with E-state index in [9.17, 15) is 0 Å². The Hall–Kier alpha value is -0.820. The molecule has 1 atom stereocenters. The van der Waals surface area contributed by atoms with Crippen molar-refractivity contribution in [1.82, 2.24) is 0 Å². The summed E-state index contributed by atoms with van der Waals surface area (Å²) in [6.45, 7) is 5.35. The molecule has 0 heterocycles. The number of benzene rings is 1. The molecule has 1 nitrogen and oxygen atoms in total. The molecule has 1 aliphatic carbocycles. The normalized spacial score (nSPS) is 19.9. The lowest BCUT2D eigenvalue weighted by atomic mass is 9.80. The summed E-state index contributed by atoms with van der Waals surface area (Å²) in [4.78, 5) is 0. The van der Waals surface area contributed by atoms with Crippen LogP contribution in [0.25, 0.3) is 0 Å². The minimum atomic E-state index is 0.639. The Kier molecular flexibility index (Phi) is 3.65. The first kappa shape index (κ1) is 11.7. The Morgan fingerprint density at radius 2 is 2.19 bits per heavy atom. The molecule has 88 valence electrons. The summed E-state index contributed by atoms with van der Waals surface area (Å²) in [7, 11) is 0. The molecule has 2 N–H and O–H groups in total. The van der Waals surface area contributed by atoms with Crippen LogP contribution >= 0.6 is 0 Å². The van der Waals surface area contributed by atoms with Crippen LogP contribution in [-0.2, 0) is 6.42 Å². The van der Waals surface area contributed by atoms with E-state index in [1.54, 1.807) is 11.1 Å². The van der Waals surface area contributed by atoms with Gasteiger partial charge in [-0.3, -0.25) is 0 Å². The van der Waals surface area contributed by atoms with Crippen LogP contribution in [-0.4, -0.2) is 6.54 Å². The maximum atomic E-state index is 5.69. The van der Waals surface area contributed by atoms with Crippen LogP contribution in [0.4, 0.5) is 0 Å². The summed E-state index contributed by atoms with van der Waals surface area (Å²) in [5.41, 5.74) is 10.3. The second-order valence-electron chi connectivity index (χ2n) is 5.28. The predicted molar refractivity (Wildman–Crippen MR) is 69.9 cm³/mol. The molecule has 0 saturated heterocycles. The van der Waals surface area contributed by atoms with Crippen molar-refractivity contribution in [1.29, 1.82) is 0 Å². The molecular formula is C15H23N. The van der Waals surface area contributed by atoms with E-state index in [0.717, 1.165) is 18.9 Å². The van der Waals surface area contributed by atoms with Gasteiger partial charge in [0.15, 0.2) is 0 Å². The van der Waals surface area contributed by atoms with Crippen LogP contribution in [0, 0.1) is 0 Å². The van der Waals surface area contributed by atoms with Gasteiger partial charge in [-0.1, -0.05) is 32.0 Å². The molecule has 1 aliphatic rings. The summed E-state index contributed by atoms with van der Waals surface area (Å²) in [6, 6.07) is 7.07. The standard InChI is InChI=1S/C15H23N/c1-11(2)13-6-7-15-12(8-9-16)4-3-5-14(15)10-13/h6-7,10-12H,3-5,8-9,16H2,1-2H3. The molecule has 1 aromatic carbocycles. The Labute approximate surface area is 99.0 Å². The summed E-state index contributed by atoms with van der Waals surface area (Å²) in [5, 5.41) is 0. The fourth-order valence-corrected chi connectivity index (χ4v) is 2.80. The maximum Gasteiger partial charge on any atom is -0.00714 e. The van der Waals surface area contributed by atoms with Crippen LogP contribution in [0.1, 0.15) is 61.6 Å². The van der Waals surface area contributed by atoms with Gasteiger partial charge in [-0.05, 0) is 60.8 Å². The van der Waals surface area contributed by atoms with E-state index in [-0.39, 0.29) is 0 Å². The van der Waals surface area contributed by atoms with Gasteiger partial charge in [0.25, 0.3) is 0 Å². The summed E-state index contributed by atoms with van der Waals surface area (Å²) in [5.74, 6) is 1.36. The summed E-state index contributed by atoms with van der Waals surface area (Å²) >= 11 is 0. The van der Waals surface area contributed by atoms with E-state index in [1.807, 2.05) is 0 Å². The molecule has 0 aliphatic heterocycles. The lowest BCUT2D eigenvalue weighted by Gasteiger charge is -2.26. The molecule has 0 amide bonds. The van der Waals surface area contributed by atoms with Crippen LogP contribution in [0.2, 0.25) is 0 Å². The Morgan fingerprint density at radius 3 is 2.88 bits per heavy atom. The van der Waals surface area contributed by atoms with Crippen molar-refractivity contribution < 1.29 is 0 Å². The number of rotatable bonds is 3. The van der Waals surface area contributed by atoms with Gasteiger partial charge < -0.3 is 5.73 Å². The van der Waals surface area contributed by atoms with E-state index < -0.39 is 0 Å². The Balaban J connectivity index is 2.29. The number of hydrogen-bond acceptors (Lipinski definition) is 1. The zero-order valence-corrected chi connectivity index (χ0v) is 10.5. The fourth-order valence-electron chi connectivity index (χ4n) is 2.80. The molecule has 0 saturated carbocycles. The van der Waals surface area contributed by atoms with Crippen LogP contribution in [0.5, 0.6) is 0 Å². The van der Waals surface area contributed by atoms with Crippen molar-refractivity contribution in [2.45, 2.75) is 51.4 Å². The first-order valence-electron chi connectivity index (χ1n) is 6.55. The van der Waals surface area contributed by atoms with Crippen LogP contribution in [0.15, 0.2) is 18.2 Å². The average Bonchev–Trinajstić information content (AvgIpc) is 2.29. The highest BCUT2D eigenvalue weighted by Gasteiger charge is 2.19. The third kappa shape index (κ3) is 2.30. The smallest absolute Gasteiger partial charge is 0.00714 e. The molecule has 0 fully saturated rings. The quantitative estimate of drug-likeness (QED) is 0.823. The van der Waals surface area contributed by atoms with E-state index in [1.165, 1.54) is 24.8 Å². The van der Waals surface area contributed by atoms with Crippen molar-refractivity contribution in [2.75, 3.05) is 6.54 Å². The number of nitrogens with two attached hydrogens (primary N) is 1. The SMILES string of the molecule is CC(C)c1ccc2c(c1)CCCC2CCN. The first-order valence-corrected chi connectivity index (χ1v) is 6.55. The lowest BCUT2D eigenvalue weighted by molar-refractivity contribution is 0.525. The van der Waals surface area contributed by atoms with Gasteiger partial charge in [0.2, 0.25) is 0 Å². The third-order valence-corrected chi connectivity index (χ3v) is 3.79. The van der Waals surface area contributed by atoms with Crippen molar-refractivity contribution in [2.24, 2.45) is 5.73 Å². The molecule has 0 bridgehead atoms. The highest BCUT2D eigenvalue weighted by Crippen LogP contribution is 2.35. The third-order valence-electron chi connectivity index (χ3n) is 3.79. The average molecular weight is 217 g/mol. The highest BCUT2D eigenvalue weighted by molar-refractivity contribution is 5.37. The number of fused-ring (bicyclic) bond motifs is 1. The van der Waals surface area contributed by atoms with Gasteiger partial charge in [0, 0.05) is 0 Å². The predicted octanol–water partition coefficient (Wildman–Crippen LogP) is 3.58. The largest absolute Gasteiger partial charge is 0.330 e. The fraction of sp³-hybridized carbons (Fsp3) is 0.600. The Bertz CT molecular complexity index is 354. The van der Waals surface area contributed by atoms with E-state index >= 15 is 0 Å². The maximum absolute atomic E-state index is 5.69. The number of hydrogen-bond donors (Lipinski definition) is 1. The monoisotopic (exact) mass is 217 g/mol. The summed E-state index contributed by atoms with van der Waals surface area (Å²) in [6.07, 6.45) is 5.06. The summed E-state index contributed by atoms with van der Waals surface area (Å²) < 4.78 is 0. The van der Waals surface area contributed by atoms with Crippen molar-refractivity contribution in [3.63, 3.8) is 0 Å². The van der Waals surface area contributed by atoms with Gasteiger partial charge in [-0.2, -0.15) is 0 Å². The second kappa shape index (κ2) is 5.01. The molecule has 16 heavy (non-hydrogen) atoms. The minimum absolute atomic E-state index is 0.639. The molecule has 2 rings (SSSR count). The van der Waals surface area contributed by atoms with Gasteiger partial charge in [0.1, 0.15) is 0 Å². The molecule has 0 spiro atoms. The van der Waals surface area contributed by atoms with E-state index in [0.29, 0.717) is 5.92 Å². The molecular weight excluding hydrogens is 194 g/mol. The molecule has 1 unspecified atom stereocenters. The first-order chi connectivity index (χ1) is 7.72. The molecule has 0 aromatic heterocycles. The van der Waals surface area contributed by atoms with Crippen LogP contribution in [0.3, 0.4) is 0 Å². The molecule has 1 aromatic rings.